The molecule has 8 atom stereocenters. The highest BCUT2D eigenvalue weighted by atomic mass is 35.5. The van der Waals surface area contributed by atoms with Crippen molar-refractivity contribution in [2.75, 3.05) is 0 Å². The van der Waals surface area contributed by atoms with Crippen LogP contribution in [0.1, 0.15) is 71.6 Å². The standard InChI is InChI=1S/C27H36ClN3O2/c1-26(33)11-9-18-16(14-26)3-5-20-19(18)10-12-27(2)21(20)6-7-22(27)25(32)15-31-24-13-17(28)4-8-23(24)29-30-31/h4,8,13,16,18-22,33H,3,5-7,9-12,14-15H2,1-2H3/t16-,18+,19-,20-,21+,22-,26-,27+/m1/s1. The van der Waals surface area contributed by atoms with Crippen LogP contribution in [-0.2, 0) is 11.3 Å². The molecule has 6 heteroatoms. The summed E-state index contributed by atoms with van der Waals surface area (Å²) in [5, 5.41) is 19.8. The number of fused-ring (bicyclic) bond motifs is 6. The first-order valence-electron chi connectivity index (χ1n) is 13.0. The molecule has 4 saturated carbocycles. The first kappa shape index (κ1) is 22.0. The molecule has 6 rings (SSSR count). The third-order valence-corrected chi connectivity index (χ3v) is 10.6. The molecule has 2 aromatic rings. The van der Waals surface area contributed by atoms with E-state index in [9.17, 15) is 9.90 Å². The molecule has 33 heavy (non-hydrogen) atoms. The minimum Gasteiger partial charge on any atom is -0.390 e. The number of carbonyl (C=O) groups is 1. The fourth-order valence-corrected chi connectivity index (χ4v) is 9.09. The minimum absolute atomic E-state index is 0.110. The first-order valence-corrected chi connectivity index (χ1v) is 13.4. The summed E-state index contributed by atoms with van der Waals surface area (Å²) in [6.45, 7) is 4.74. The van der Waals surface area contributed by atoms with E-state index in [4.69, 9.17) is 11.6 Å². The van der Waals surface area contributed by atoms with Crippen LogP contribution in [0.15, 0.2) is 18.2 Å². The molecule has 0 saturated heterocycles. The number of benzene rings is 1. The highest BCUT2D eigenvalue weighted by Gasteiger charge is 2.58. The van der Waals surface area contributed by atoms with Crippen molar-refractivity contribution in [2.45, 2.75) is 83.8 Å². The SMILES string of the molecule is C[C@@]1(O)CC[C@H]2[C@H](CC[C@@H]3[C@@H]2CC[C@]2(C)[C@@H](C(=O)Cn4nnc5ccc(Cl)cc54)CC[C@@H]32)C1. The maximum absolute atomic E-state index is 13.6. The molecule has 0 spiro atoms. The Bertz CT molecular complexity index is 1080. The molecule has 0 aliphatic heterocycles. The Labute approximate surface area is 201 Å². The van der Waals surface area contributed by atoms with E-state index in [1.807, 2.05) is 25.1 Å². The van der Waals surface area contributed by atoms with Gasteiger partial charge < -0.3 is 5.11 Å². The average Bonchev–Trinajstić information content (AvgIpc) is 3.33. The number of hydrogen-bond donors (Lipinski definition) is 1. The average molecular weight is 470 g/mol. The lowest BCUT2D eigenvalue weighted by Crippen LogP contribution is -2.51. The van der Waals surface area contributed by atoms with Gasteiger partial charge in [-0.2, -0.15) is 0 Å². The van der Waals surface area contributed by atoms with Crippen LogP contribution in [0, 0.1) is 40.9 Å². The van der Waals surface area contributed by atoms with Crippen LogP contribution in [0.2, 0.25) is 5.02 Å². The maximum Gasteiger partial charge on any atom is 0.157 e. The molecule has 0 amide bonds. The van der Waals surface area contributed by atoms with Gasteiger partial charge in [-0.3, -0.25) is 4.79 Å². The molecule has 1 heterocycles. The van der Waals surface area contributed by atoms with Crippen LogP contribution < -0.4 is 0 Å². The van der Waals surface area contributed by atoms with E-state index in [0.29, 0.717) is 22.6 Å². The quantitative estimate of drug-likeness (QED) is 0.628. The third-order valence-electron chi connectivity index (χ3n) is 10.4. The van der Waals surface area contributed by atoms with Gasteiger partial charge in [-0.25, -0.2) is 4.68 Å². The van der Waals surface area contributed by atoms with Crippen molar-refractivity contribution in [3.05, 3.63) is 23.2 Å². The highest BCUT2D eigenvalue weighted by Crippen LogP contribution is 2.64. The van der Waals surface area contributed by atoms with Crippen LogP contribution >= 0.6 is 11.6 Å². The largest absolute Gasteiger partial charge is 0.390 e. The summed E-state index contributed by atoms with van der Waals surface area (Å²) < 4.78 is 1.74. The molecule has 0 bridgehead atoms. The van der Waals surface area contributed by atoms with Gasteiger partial charge in [-0.1, -0.05) is 23.7 Å². The van der Waals surface area contributed by atoms with Crippen molar-refractivity contribution in [2.24, 2.45) is 40.9 Å². The van der Waals surface area contributed by atoms with Gasteiger partial charge in [0.05, 0.1) is 11.1 Å². The Morgan fingerprint density at radius 2 is 1.91 bits per heavy atom. The summed E-state index contributed by atoms with van der Waals surface area (Å²) in [6.07, 6.45) is 10.3. The molecular formula is C27H36ClN3O2. The van der Waals surface area contributed by atoms with E-state index < -0.39 is 5.60 Å². The van der Waals surface area contributed by atoms with Crippen molar-refractivity contribution >= 4 is 28.4 Å². The van der Waals surface area contributed by atoms with E-state index in [1.54, 1.807) is 4.68 Å². The summed E-state index contributed by atoms with van der Waals surface area (Å²) in [7, 11) is 0. The summed E-state index contributed by atoms with van der Waals surface area (Å²) in [5.74, 6) is 4.14. The number of aromatic nitrogens is 3. The second-order valence-electron chi connectivity index (χ2n) is 12.2. The minimum atomic E-state index is -0.461. The van der Waals surface area contributed by atoms with Gasteiger partial charge >= 0.3 is 0 Å². The number of rotatable bonds is 3. The normalized spacial score (nSPS) is 42.5. The molecule has 4 fully saturated rings. The van der Waals surface area contributed by atoms with Crippen molar-refractivity contribution in [1.29, 1.82) is 0 Å². The fraction of sp³-hybridized carbons (Fsp3) is 0.741. The third kappa shape index (κ3) is 3.56. The molecule has 5 nitrogen and oxygen atoms in total. The predicted molar refractivity (Wildman–Crippen MR) is 129 cm³/mol. The number of ketones is 1. The molecule has 1 aromatic heterocycles. The molecule has 4 aliphatic carbocycles. The lowest BCUT2D eigenvalue weighted by molar-refractivity contribution is -0.133. The predicted octanol–water partition coefficient (Wildman–Crippen LogP) is 5.67. The molecule has 178 valence electrons. The topological polar surface area (TPSA) is 68.0 Å². The molecule has 1 aromatic carbocycles. The Hall–Kier alpha value is -1.46. The van der Waals surface area contributed by atoms with E-state index in [-0.39, 0.29) is 17.9 Å². The number of aliphatic hydroxyl groups is 1. The molecule has 1 N–H and O–H groups in total. The zero-order valence-electron chi connectivity index (χ0n) is 19.8. The fourth-order valence-electron chi connectivity index (χ4n) is 8.92. The van der Waals surface area contributed by atoms with Crippen LogP contribution in [0.25, 0.3) is 11.0 Å². The summed E-state index contributed by atoms with van der Waals surface area (Å²) >= 11 is 6.19. The Kier molecular flexibility index (Phi) is 5.19. The van der Waals surface area contributed by atoms with Gasteiger partial charge in [0.15, 0.2) is 5.78 Å². The number of Topliss-reactive ketones (excluding diaryl/α,β-unsaturated/α-hetero) is 1. The number of halogens is 1. The van der Waals surface area contributed by atoms with Gasteiger partial charge in [0.25, 0.3) is 0 Å². The maximum atomic E-state index is 13.6. The van der Waals surface area contributed by atoms with Crippen molar-refractivity contribution < 1.29 is 9.90 Å². The zero-order chi connectivity index (χ0) is 23.0. The monoisotopic (exact) mass is 469 g/mol. The van der Waals surface area contributed by atoms with Crippen LogP contribution in [-0.4, -0.2) is 31.5 Å². The second-order valence-corrected chi connectivity index (χ2v) is 12.6. The lowest BCUT2D eigenvalue weighted by Gasteiger charge is -2.56. The highest BCUT2D eigenvalue weighted by molar-refractivity contribution is 6.31. The number of carbonyl (C=O) groups excluding carboxylic acids is 1. The molecule has 4 aliphatic rings. The van der Waals surface area contributed by atoms with Crippen molar-refractivity contribution in [3.8, 4) is 0 Å². The number of nitrogens with zero attached hydrogens (tertiary/aromatic N) is 3. The van der Waals surface area contributed by atoms with Gasteiger partial charge in [-0.15, -0.1) is 5.10 Å². The van der Waals surface area contributed by atoms with E-state index in [2.05, 4.69) is 17.2 Å². The van der Waals surface area contributed by atoms with Crippen LogP contribution in [0.3, 0.4) is 0 Å². The molecule has 0 unspecified atom stereocenters. The Morgan fingerprint density at radius 3 is 2.76 bits per heavy atom. The van der Waals surface area contributed by atoms with Gasteiger partial charge in [-0.05, 0) is 118 Å². The molecular weight excluding hydrogens is 434 g/mol. The van der Waals surface area contributed by atoms with Crippen LogP contribution in [0.5, 0.6) is 0 Å². The molecule has 0 radical (unpaired) electrons. The summed E-state index contributed by atoms with van der Waals surface area (Å²) in [6, 6.07) is 5.53. The smallest absolute Gasteiger partial charge is 0.157 e. The van der Waals surface area contributed by atoms with Gasteiger partial charge in [0, 0.05) is 10.9 Å². The van der Waals surface area contributed by atoms with Gasteiger partial charge in [0.2, 0.25) is 0 Å². The van der Waals surface area contributed by atoms with E-state index >= 15 is 0 Å². The van der Waals surface area contributed by atoms with E-state index in [1.165, 1.54) is 38.5 Å². The lowest BCUT2D eigenvalue weighted by atomic mass is 9.49. The Morgan fingerprint density at radius 1 is 1.09 bits per heavy atom. The summed E-state index contributed by atoms with van der Waals surface area (Å²) in [4.78, 5) is 13.6. The Balaban J connectivity index is 1.20. The zero-order valence-corrected chi connectivity index (χ0v) is 20.6. The van der Waals surface area contributed by atoms with E-state index in [0.717, 1.165) is 48.0 Å². The number of hydrogen-bond acceptors (Lipinski definition) is 4. The van der Waals surface area contributed by atoms with Crippen LogP contribution in [0.4, 0.5) is 0 Å². The van der Waals surface area contributed by atoms with Crippen molar-refractivity contribution in [3.63, 3.8) is 0 Å². The van der Waals surface area contributed by atoms with Gasteiger partial charge in [0.1, 0.15) is 12.1 Å². The summed E-state index contributed by atoms with van der Waals surface area (Å²) in [5.41, 5.74) is 1.27. The van der Waals surface area contributed by atoms with Crippen molar-refractivity contribution in [1.82, 2.24) is 15.0 Å². The first-order chi connectivity index (χ1) is 15.7. The second kappa shape index (κ2) is 7.78.